The van der Waals surface area contributed by atoms with E-state index in [1.54, 1.807) is 0 Å². The predicted octanol–water partition coefficient (Wildman–Crippen LogP) is 2.45. The third kappa shape index (κ3) is 2.43. The first kappa shape index (κ1) is 12.4. The normalized spacial score (nSPS) is 33.4. The molecule has 0 aromatic rings. The van der Waals surface area contributed by atoms with Crippen molar-refractivity contribution in [2.24, 2.45) is 11.8 Å². The Morgan fingerprint density at radius 2 is 1.75 bits per heavy atom. The van der Waals surface area contributed by atoms with Crippen LogP contribution in [0.4, 0.5) is 0 Å². The molecule has 2 nitrogen and oxygen atoms in total. The first-order valence-electron chi connectivity index (χ1n) is 6.87. The van der Waals surface area contributed by atoms with Crippen LogP contribution >= 0.6 is 0 Å². The van der Waals surface area contributed by atoms with E-state index >= 15 is 0 Å². The van der Waals surface area contributed by atoms with E-state index in [4.69, 9.17) is 0 Å². The lowest BCUT2D eigenvalue weighted by atomic mass is 9.93. The number of hydrogen-bond donors (Lipinski definition) is 0. The third-order valence-corrected chi connectivity index (χ3v) is 4.54. The van der Waals surface area contributed by atoms with Gasteiger partial charge in [-0.1, -0.05) is 13.8 Å². The molecule has 2 rings (SSSR count). The average molecular weight is 224 g/mol. The van der Waals surface area contributed by atoms with Crippen LogP contribution in [-0.4, -0.2) is 47.6 Å². The molecule has 0 bridgehead atoms. The largest absolute Gasteiger partial charge is 0.298 e. The fourth-order valence-electron chi connectivity index (χ4n) is 3.17. The lowest BCUT2D eigenvalue weighted by molar-refractivity contribution is 0.0411. The predicted molar refractivity (Wildman–Crippen MR) is 69.6 cm³/mol. The Morgan fingerprint density at radius 1 is 1.06 bits per heavy atom. The molecular formula is C14H28N2. The average Bonchev–Trinajstić information content (AvgIpc) is 2.58. The van der Waals surface area contributed by atoms with Gasteiger partial charge < -0.3 is 0 Å². The Hall–Kier alpha value is -0.0800. The van der Waals surface area contributed by atoms with Crippen molar-refractivity contribution in [3.8, 4) is 0 Å². The van der Waals surface area contributed by atoms with E-state index in [9.17, 15) is 0 Å². The number of piperazine rings is 1. The minimum absolute atomic E-state index is 0.349. The number of rotatable bonds is 1. The maximum absolute atomic E-state index is 2.73. The summed E-state index contributed by atoms with van der Waals surface area (Å²) >= 11 is 0. The Bertz CT molecular complexity index is 242. The maximum Gasteiger partial charge on any atom is 0.0227 e. The first-order chi connectivity index (χ1) is 7.38. The van der Waals surface area contributed by atoms with Gasteiger partial charge in [0.2, 0.25) is 0 Å². The summed E-state index contributed by atoms with van der Waals surface area (Å²) in [6.45, 7) is 17.0. The van der Waals surface area contributed by atoms with E-state index in [2.05, 4.69) is 44.4 Å². The molecule has 2 unspecified atom stereocenters. The molecule has 0 radical (unpaired) electrons. The molecule has 0 spiro atoms. The maximum atomic E-state index is 2.73. The van der Waals surface area contributed by atoms with Crippen molar-refractivity contribution in [2.45, 2.75) is 52.6 Å². The highest BCUT2D eigenvalue weighted by atomic mass is 15.3. The lowest BCUT2D eigenvalue weighted by Gasteiger charge is -2.44. The smallest absolute Gasteiger partial charge is 0.0227 e. The summed E-state index contributed by atoms with van der Waals surface area (Å²) in [4.78, 5) is 5.39. The fourth-order valence-corrected chi connectivity index (χ4v) is 3.17. The molecule has 2 saturated heterocycles. The van der Waals surface area contributed by atoms with Gasteiger partial charge in [-0.25, -0.2) is 0 Å². The molecular weight excluding hydrogens is 196 g/mol. The summed E-state index contributed by atoms with van der Waals surface area (Å²) in [5.41, 5.74) is 0.349. The molecule has 2 aliphatic rings. The molecule has 2 heterocycles. The quantitative estimate of drug-likeness (QED) is 0.675. The molecule has 2 heteroatoms. The van der Waals surface area contributed by atoms with Gasteiger partial charge in [-0.3, -0.25) is 9.80 Å². The van der Waals surface area contributed by atoms with Crippen molar-refractivity contribution in [1.29, 1.82) is 0 Å². The molecule has 2 atom stereocenters. The molecule has 0 aromatic heterocycles. The highest BCUT2D eigenvalue weighted by Crippen LogP contribution is 2.32. The van der Waals surface area contributed by atoms with Crippen LogP contribution in [0.1, 0.15) is 41.0 Å². The van der Waals surface area contributed by atoms with Crippen molar-refractivity contribution in [1.82, 2.24) is 9.80 Å². The van der Waals surface area contributed by atoms with E-state index in [1.807, 2.05) is 0 Å². The summed E-state index contributed by atoms with van der Waals surface area (Å²) in [5, 5.41) is 0. The zero-order chi connectivity index (χ0) is 11.9. The van der Waals surface area contributed by atoms with Gasteiger partial charge in [-0.2, -0.15) is 0 Å². The van der Waals surface area contributed by atoms with E-state index < -0.39 is 0 Å². The van der Waals surface area contributed by atoms with Crippen LogP contribution in [0.25, 0.3) is 0 Å². The SMILES string of the molecule is CC(C)C1CC2CN(C(C)(C)C)CCN2C1. The van der Waals surface area contributed by atoms with Crippen molar-refractivity contribution >= 4 is 0 Å². The van der Waals surface area contributed by atoms with Crippen LogP contribution in [0, 0.1) is 11.8 Å². The van der Waals surface area contributed by atoms with Crippen LogP contribution in [0.15, 0.2) is 0 Å². The van der Waals surface area contributed by atoms with Crippen molar-refractivity contribution in [2.75, 3.05) is 26.2 Å². The van der Waals surface area contributed by atoms with Gasteiger partial charge in [0.1, 0.15) is 0 Å². The minimum atomic E-state index is 0.349. The van der Waals surface area contributed by atoms with Gasteiger partial charge in [-0.15, -0.1) is 0 Å². The van der Waals surface area contributed by atoms with Gasteiger partial charge in [0, 0.05) is 37.8 Å². The molecule has 0 N–H and O–H groups in total. The van der Waals surface area contributed by atoms with Crippen LogP contribution < -0.4 is 0 Å². The highest BCUT2D eigenvalue weighted by Gasteiger charge is 2.39. The molecule has 0 aliphatic carbocycles. The zero-order valence-electron chi connectivity index (χ0n) is 11.7. The molecule has 0 aromatic carbocycles. The third-order valence-electron chi connectivity index (χ3n) is 4.54. The Balaban J connectivity index is 1.96. The zero-order valence-corrected chi connectivity index (χ0v) is 11.7. The van der Waals surface area contributed by atoms with E-state index in [1.165, 1.54) is 32.6 Å². The Morgan fingerprint density at radius 3 is 2.31 bits per heavy atom. The van der Waals surface area contributed by atoms with Crippen LogP contribution in [-0.2, 0) is 0 Å². The van der Waals surface area contributed by atoms with E-state index in [0.29, 0.717) is 5.54 Å². The van der Waals surface area contributed by atoms with E-state index in [0.717, 1.165) is 17.9 Å². The van der Waals surface area contributed by atoms with Gasteiger partial charge in [-0.05, 0) is 39.0 Å². The van der Waals surface area contributed by atoms with Crippen LogP contribution in [0.5, 0.6) is 0 Å². The van der Waals surface area contributed by atoms with Gasteiger partial charge in [0.25, 0.3) is 0 Å². The summed E-state index contributed by atoms with van der Waals surface area (Å²) in [6.07, 6.45) is 1.42. The van der Waals surface area contributed by atoms with Crippen molar-refractivity contribution in [3.05, 3.63) is 0 Å². The number of hydrogen-bond acceptors (Lipinski definition) is 2. The molecule has 94 valence electrons. The van der Waals surface area contributed by atoms with Crippen molar-refractivity contribution in [3.63, 3.8) is 0 Å². The van der Waals surface area contributed by atoms with Crippen molar-refractivity contribution < 1.29 is 0 Å². The van der Waals surface area contributed by atoms with Crippen LogP contribution in [0.3, 0.4) is 0 Å². The van der Waals surface area contributed by atoms with Gasteiger partial charge >= 0.3 is 0 Å². The number of fused-ring (bicyclic) bond motifs is 1. The second kappa shape index (κ2) is 4.30. The molecule has 0 amide bonds. The summed E-state index contributed by atoms with van der Waals surface area (Å²) < 4.78 is 0. The molecule has 16 heavy (non-hydrogen) atoms. The Kier molecular flexibility index (Phi) is 3.33. The highest BCUT2D eigenvalue weighted by molar-refractivity contribution is 4.94. The second-order valence-corrected chi connectivity index (χ2v) is 7.01. The molecule has 2 aliphatic heterocycles. The standard InChI is InChI=1S/C14H28N2/c1-11(2)12-8-13-10-16(14(3,4)5)7-6-15(13)9-12/h11-13H,6-10H2,1-5H3. The summed E-state index contributed by atoms with van der Waals surface area (Å²) in [5.74, 6) is 1.79. The first-order valence-corrected chi connectivity index (χ1v) is 6.87. The molecule has 2 fully saturated rings. The number of nitrogens with zero attached hydrogens (tertiary/aromatic N) is 2. The second-order valence-electron chi connectivity index (χ2n) is 7.01. The summed E-state index contributed by atoms with van der Waals surface area (Å²) in [7, 11) is 0. The topological polar surface area (TPSA) is 6.48 Å². The lowest BCUT2D eigenvalue weighted by Crippen LogP contribution is -2.56. The molecule has 0 saturated carbocycles. The monoisotopic (exact) mass is 224 g/mol. The Labute approximate surface area is 101 Å². The van der Waals surface area contributed by atoms with Gasteiger partial charge in [0.05, 0.1) is 0 Å². The summed E-state index contributed by atoms with van der Waals surface area (Å²) in [6, 6.07) is 0.834. The van der Waals surface area contributed by atoms with Gasteiger partial charge in [0.15, 0.2) is 0 Å². The van der Waals surface area contributed by atoms with Crippen LogP contribution in [0.2, 0.25) is 0 Å². The fraction of sp³-hybridized carbons (Fsp3) is 1.00. The van der Waals surface area contributed by atoms with E-state index in [-0.39, 0.29) is 0 Å². The minimum Gasteiger partial charge on any atom is -0.298 e.